The van der Waals surface area contributed by atoms with Crippen molar-refractivity contribution in [1.29, 1.82) is 0 Å². The van der Waals surface area contributed by atoms with Gasteiger partial charge in [0, 0.05) is 30.3 Å². The smallest absolute Gasteiger partial charge is 0.112 e. The van der Waals surface area contributed by atoms with Crippen LogP contribution >= 0.6 is 0 Å². The van der Waals surface area contributed by atoms with Gasteiger partial charge in [-0.05, 0) is 30.9 Å². The molecule has 0 amide bonds. The maximum atomic E-state index is 4.90. The molecule has 1 heterocycles. The lowest BCUT2D eigenvalue weighted by Gasteiger charge is -2.39. The van der Waals surface area contributed by atoms with Crippen molar-refractivity contribution in [2.24, 2.45) is 0 Å². The van der Waals surface area contributed by atoms with Crippen molar-refractivity contribution in [3.05, 3.63) is 90.0 Å². The third kappa shape index (κ3) is 5.41. The SMILES string of the molecule is CCCCCCCC(c1nccn1CC)C(C)(Cc1ccccc1)c1ccccc1. The van der Waals surface area contributed by atoms with Crippen molar-refractivity contribution in [3.8, 4) is 0 Å². The number of hydrogen-bond acceptors (Lipinski definition) is 1. The summed E-state index contributed by atoms with van der Waals surface area (Å²) in [6.45, 7) is 7.94. The molecule has 2 heteroatoms. The Bertz CT molecular complexity index is 853. The van der Waals surface area contributed by atoms with E-state index < -0.39 is 0 Å². The fraction of sp³-hybridized carbons (Fsp3) is 0.464. The Morgan fingerprint density at radius 1 is 0.867 bits per heavy atom. The highest BCUT2D eigenvalue weighted by molar-refractivity contribution is 5.33. The van der Waals surface area contributed by atoms with E-state index in [1.165, 1.54) is 55.5 Å². The normalized spacial score (nSPS) is 14.4. The number of rotatable bonds is 12. The van der Waals surface area contributed by atoms with Gasteiger partial charge in [-0.1, -0.05) is 107 Å². The largest absolute Gasteiger partial charge is 0.335 e. The van der Waals surface area contributed by atoms with Crippen LogP contribution in [0.4, 0.5) is 0 Å². The van der Waals surface area contributed by atoms with Crippen LogP contribution in [-0.2, 0) is 18.4 Å². The van der Waals surface area contributed by atoms with Crippen molar-refractivity contribution in [3.63, 3.8) is 0 Å². The lowest BCUT2D eigenvalue weighted by atomic mass is 9.66. The molecule has 0 bridgehead atoms. The molecule has 0 aliphatic rings. The third-order valence-electron chi connectivity index (χ3n) is 6.61. The number of nitrogens with zero attached hydrogens (tertiary/aromatic N) is 2. The summed E-state index contributed by atoms with van der Waals surface area (Å²) in [5, 5.41) is 0. The number of imidazole rings is 1. The zero-order valence-corrected chi connectivity index (χ0v) is 19.1. The Labute approximate surface area is 183 Å². The van der Waals surface area contributed by atoms with E-state index >= 15 is 0 Å². The van der Waals surface area contributed by atoms with Crippen LogP contribution in [0.25, 0.3) is 0 Å². The van der Waals surface area contributed by atoms with Crippen LogP contribution < -0.4 is 0 Å². The van der Waals surface area contributed by atoms with Gasteiger partial charge >= 0.3 is 0 Å². The number of benzene rings is 2. The Morgan fingerprint density at radius 2 is 1.53 bits per heavy atom. The van der Waals surface area contributed by atoms with Crippen molar-refractivity contribution < 1.29 is 0 Å². The summed E-state index contributed by atoms with van der Waals surface area (Å²) in [5.41, 5.74) is 2.80. The van der Waals surface area contributed by atoms with Gasteiger partial charge in [0.25, 0.3) is 0 Å². The van der Waals surface area contributed by atoms with Gasteiger partial charge in [0.2, 0.25) is 0 Å². The predicted octanol–water partition coefficient (Wildman–Crippen LogP) is 7.55. The van der Waals surface area contributed by atoms with E-state index in [4.69, 9.17) is 4.98 Å². The Morgan fingerprint density at radius 3 is 2.20 bits per heavy atom. The minimum atomic E-state index is -0.00829. The summed E-state index contributed by atoms with van der Waals surface area (Å²) >= 11 is 0. The minimum absolute atomic E-state index is 0.00829. The topological polar surface area (TPSA) is 17.8 Å². The number of unbranched alkanes of at least 4 members (excludes halogenated alkanes) is 4. The van der Waals surface area contributed by atoms with Crippen LogP contribution in [0, 0.1) is 0 Å². The summed E-state index contributed by atoms with van der Waals surface area (Å²) in [6, 6.07) is 22.1. The molecule has 0 fully saturated rings. The molecule has 0 radical (unpaired) electrons. The summed E-state index contributed by atoms with van der Waals surface area (Å²) in [7, 11) is 0. The molecule has 0 spiro atoms. The molecular weight excluding hydrogens is 364 g/mol. The molecule has 2 unspecified atom stereocenters. The van der Waals surface area contributed by atoms with Crippen molar-refractivity contribution in [2.75, 3.05) is 0 Å². The first-order valence-corrected chi connectivity index (χ1v) is 11.8. The van der Waals surface area contributed by atoms with Gasteiger partial charge in [0.1, 0.15) is 5.82 Å². The molecule has 0 N–H and O–H groups in total. The van der Waals surface area contributed by atoms with E-state index in [0.717, 1.165) is 13.0 Å². The lowest BCUT2D eigenvalue weighted by molar-refractivity contribution is 0.323. The molecule has 2 nitrogen and oxygen atoms in total. The molecule has 30 heavy (non-hydrogen) atoms. The van der Waals surface area contributed by atoms with Gasteiger partial charge in [-0.2, -0.15) is 0 Å². The second-order valence-electron chi connectivity index (χ2n) is 8.77. The molecule has 0 saturated heterocycles. The van der Waals surface area contributed by atoms with Gasteiger partial charge in [-0.25, -0.2) is 4.98 Å². The van der Waals surface area contributed by atoms with Crippen molar-refractivity contribution >= 4 is 0 Å². The molecule has 160 valence electrons. The summed E-state index contributed by atoms with van der Waals surface area (Å²) in [5.74, 6) is 1.63. The molecule has 3 aromatic rings. The zero-order valence-electron chi connectivity index (χ0n) is 19.1. The number of hydrogen-bond donors (Lipinski definition) is 0. The molecule has 0 saturated carbocycles. The highest BCUT2D eigenvalue weighted by Crippen LogP contribution is 2.44. The van der Waals surface area contributed by atoms with Crippen LogP contribution in [0.15, 0.2) is 73.1 Å². The van der Waals surface area contributed by atoms with Crippen molar-refractivity contribution in [1.82, 2.24) is 9.55 Å². The monoisotopic (exact) mass is 402 g/mol. The maximum Gasteiger partial charge on any atom is 0.112 e. The van der Waals surface area contributed by atoms with Gasteiger partial charge < -0.3 is 4.57 Å². The zero-order chi connectivity index (χ0) is 21.2. The summed E-state index contributed by atoms with van der Waals surface area (Å²) in [4.78, 5) is 4.90. The van der Waals surface area contributed by atoms with Gasteiger partial charge in [0.05, 0.1) is 0 Å². The van der Waals surface area contributed by atoms with E-state index in [0.29, 0.717) is 5.92 Å². The van der Waals surface area contributed by atoms with Crippen LogP contribution in [0.5, 0.6) is 0 Å². The van der Waals surface area contributed by atoms with Gasteiger partial charge in [-0.15, -0.1) is 0 Å². The molecule has 0 aliphatic heterocycles. The second-order valence-corrected chi connectivity index (χ2v) is 8.77. The second kappa shape index (κ2) is 11.2. The number of aromatic nitrogens is 2. The third-order valence-corrected chi connectivity index (χ3v) is 6.61. The molecule has 2 atom stereocenters. The fourth-order valence-electron chi connectivity index (χ4n) is 4.85. The van der Waals surface area contributed by atoms with Crippen LogP contribution in [0.3, 0.4) is 0 Å². The first-order chi connectivity index (χ1) is 14.7. The molecule has 2 aromatic carbocycles. The van der Waals surface area contributed by atoms with E-state index in [-0.39, 0.29) is 5.41 Å². The van der Waals surface area contributed by atoms with E-state index in [1.54, 1.807) is 0 Å². The quantitative estimate of drug-likeness (QED) is 0.286. The van der Waals surface area contributed by atoms with Crippen LogP contribution in [0.1, 0.15) is 82.2 Å². The standard InChI is InChI=1S/C28H38N2/c1-4-6-7-8-15-20-26(27-29-21-22-30(27)5-2)28(3,25-18-13-10-14-19-25)23-24-16-11-9-12-17-24/h9-14,16-19,21-22,26H,4-8,15,20,23H2,1-3H3. The van der Waals surface area contributed by atoms with E-state index in [2.05, 4.69) is 92.2 Å². The van der Waals surface area contributed by atoms with Gasteiger partial charge in [0.15, 0.2) is 0 Å². The molecular formula is C28H38N2. The Hall–Kier alpha value is -2.35. The highest BCUT2D eigenvalue weighted by Gasteiger charge is 2.39. The van der Waals surface area contributed by atoms with E-state index in [1.807, 2.05) is 6.20 Å². The molecule has 3 rings (SSSR count). The predicted molar refractivity (Wildman–Crippen MR) is 128 cm³/mol. The first-order valence-electron chi connectivity index (χ1n) is 11.8. The minimum Gasteiger partial charge on any atom is -0.335 e. The first kappa shape index (κ1) is 22.3. The van der Waals surface area contributed by atoms with E-state index in [9.17, 15) is 0 Å². The summed E-state index contributed by atoms with van der Waals surface area (Å²) < 4.78 is 2.35. The van der Waals surface area contributed by atoms with Crippen LogP contribution in [0.2, 0.25) is 0 Å². The Balaban J connectivity index is 1.99. The average molecular weight is 403 g/mol. The van der Waals surface area contributed by atoms with Gasteiger partial charge in [-0.3, -0.25) is 0 Å². The summed E-state index contributed by atoms with van der Waals surface area (Å²) in [6.07, 6.45) is 12.9. The van der Waals surface area contributed by atoms with Crippen molar-refractivity contribution in [2.45, 2.75) is 83.6 Å². The molecule has 1 aromatic heterocycles. The maximum absolute atomic E-state index is 4.90. The Kier molecular flexibility index (Phi) is 8.30. The van der Waals surface area contributed by atoms with Crippen LogP contribution in [-0.4, -0.2) is 9.55 Å². The number of aryl methyl sites for hydroxylation is 1. The highest BCUT2D eigenvalue weighted by atomic mass is 15.1. The average Bonchev–Trinajstić information content (AvgIpc) is 3.25. The fourth-order valence-corrected chi connectivity index (χ4v) is 4.85. The molecule has 0 aliphatic carbocycles. The lowest BCUT2D eigenvalue weighted by Crippen LogP contribution is -2.35.